The van der Waals surface area contributed by atoms with Crippen molar-refractivity contribution < 1.29 is 0 Å². The van der Waals surface area contributed by atoms with E-state index in [0.717, 1.165) is 6.42 Å². The van der Waals surface area contributed by atoms with Gasteiger partial charge in [-0.05, 0) is 42.2 Å². The number of hydrogen-bond donors (Lipinski definition) is 0. The van der Waals surface area contributed by atoms with Crippen LogP contribution in [-0.4, -0.2) is 11.5 Å². The molecule has 0 atom stereocenters. The Morgan fingerprint density at radius 1 is 0.909 bits per heavy atom. The molecule has 0 saturated heterocycles. The van der Waals surface area contributed by atoms with Crippen LogP contribution < -0.4 is 0 Å². The van der Waals surface area contributed by atoms with Crippen LogP contribution in [0.1, 0.15) is 82.4 Å². The van der Waals surface area contributed by atoms with Gasteiger partial charge in [0.2, 0.25) is 0 Å². The van der Waals surface area contributed by atoms with Crippen molar-refractivity contribution in [3.05, 3.63) is 22.4 Å². The third kappa shape index (κ3) is 12.2. The van der Waals surface area contributed by atoms with E-state index in [1.54, 1.807) is 11.3 Å². The van der Waals surface area contributed by atoms with Crippen LogP contribution in [0.5, 0.6) is 0 Å². The molecule has 1 aromatic rings. The van der Waals surface area contributed by atoms with Gasteiger partial charge in [0.05, 0.1) is 4.88 Å². The van der Waals surface area contributed by atoms with Crippen molar-refractivity contribution in [3.8, 4) is 11.8 Å². The molecule has 0 unspecified atom stereocenters. The summed E-state index contributed by atoms with van der Waals surface area (Å²) in [5.74, 6) is 9.24. The molecule has 0 bridgehead atoms. The Labute approximate surface area is 146 Å². The van der Waals surface area contributed by atoms with E-state index in [1.807, 2.05) is 0 Å². The molecular formula is C20H32S2. The van der Waals surface area contributed by atoms with Gasteiger partial charge in [0.1, 0.15) is 0 Å². The summed E-state index contributed by atoms with van der Waals surface area (Å²) in [6.07, 6.45) is 15.0. The molecule has 0 aliphatic rings. The van der Waals surface area contributed by atoms with Crippen molar-refractivity contribution >= 4 is 23.1 Å². The van der Waals surface area contributed by atoms with E-state index >= 15 is 0 Å². The lowest BCUT2D eigenvalue weighted by molar-refractivity contribution is 0.568. The van der Waals surface area contributed by atoms with Crippen LogP contribution in [0.4, 0.5) is 0 Å². The molecule has 0 fully saturated rings. The second-order valence-electron chi connectivity index (χ2n) is 5.82. The zero-order valence-corrected chi connectivity index (χ0v) is 15.9. The van der Waals surface area contributed by atoms with E-state index in [9.17, 15) is 0 Å². The summed E-state index contributed by atoms with van der Waals surface area (Å²) in [5, 5.41) is 2.09. The fraction of sp³-hybridized carbons (Fsp3) is 0.700. The molecule has 2 heteroatoms. The van der Waals surface area contributed by atoms with Crippen LogP contribution >= 0.6 is 23.1 Å². The van der Waals surface area contributed by atoms with Gasteiger partial charge in [0.15, 0.2) is 0 Å². The minimum atomic E-state index is 1.06. The second-order valence-corrected chi connectivity index (χ2v) is 8.00. The third-order valence-electron chi connectivity index (χ3n) is 3.67. The van der Waals surface area contributed by atoms with Gasteiger partial charge in [-0.3, -0.25) is 0 Å². The lowest BCUT2D eigenvalue weighted by Gasteiger charge is -2.02. The van der Waals surface area contributed by atoms with E-state index in [0.29, 0.717) is 0 Å². The third-order valence-corrected chi connectivity index (χ3v) is 5.73. The summed E-state index contributed by atoms with van der Waals surface area (Å²) in [7, 11) is 0. The van der Waals surface area contributed by atoms with Gasteiger partial charge in [0, 0.05) is 6.42 Å². The van der Waals surface area contributed by atoms with Crippen LogP contribution in [0.25, 0.3) is 0 Å². The van der Waals surface area contributed by atoms with Crippen molar-refractivity contribution in [3.63, 3.8) is 0 Å². The molecule has 1 rings (SSSR count). The Morgan fingerprint density at radius 2 is 1.59 bits per heavy atom. The Kier molecular flexibility index (Phi) is 13.9. The first-order valence-electron chi connectivity index (χ1n) is 9.03. The first-order chi connectivity index (χ1) is 10.9. The molecule has 0 radical (unpaired) electrons. The topological polar surface area (TPSA) is 0 Å². The Balaban J connectivity index is 1.75. The average molecular weight is 337 g/mol. The molecule has 1 aromatic heterocycles. The van der Waals surface area contributed by atoms with Gasteiger partial charge >= 0.3 is 0 Å². The fourth-order valence-corrected chi connectivity index (χ4v) is 3.89. The minimum Gasteiger partial charge on any atom is -0.162 e. The maximum absolute atomic E-state index is 3.29. The van der Waals surface area contributed by atoms with Crippen molar-refractivity contribution in [1.82, 2.24) is 0 Å². The van der Waals surface area contributed by atoms with Crippen molar-refractivity contribution in [2.45, 2.75) is 77.6 Å². The van der Waals surface area contributed by atoms with E-state index in [-0.39, 0.29) is 0 Å². The monoisotopic (exact) mass is 336 g/mol. The highest BCUT2D eigenvalue weighted by atomic mass is 32.2. The molecule has 0 aromatic carbocycles. The molecule has 0 N–H and O–H groups in total. The van der Waals surface area contributed by atoms with Crippen LogP contribution in [0, 0.1) is 11.8 Å². The summed E-state index contributed by atoms with van der Waals surface area (Å²) >= 11 is 3.86. The first-order valence-corrected chi connectivity index (χ1v) is 11.1. The smallest absolute Gasteiger partial charge is 0.0768 e. The predicted molar refractivity (Wildman–Crippen MR) is 105 cm³/mol. The Hall–Kier alpha value is -0.390. The molecule has 0 spiro atoms. The largest absolute Gasteiger partial charge is 0.162 e. The van der Waals surface area contributed by atoms with Gasteiger partial charge in [-0.1, -0.05) is 69.8 Å². The lowest BCUT2D eigenvalue weighted by atomic mass is 10.1. The Bertz CT molecular complexity index is 384. The van der Waals surface area contributed by atoms with Crippen LogP contribution in [0.15, 0.2) is 17.5 Å². The highest BCUT2D eigenvalue weighted by Crippen LogP contribution is 2.12. The van der Waals surface area contributed by atoms with E-state index in [4.69, 9.17) is 0 Å². The maximum Gasteiger partial charge on any atom is 0.0768 e. The molecule has 0 nitrogen and oxygen atoms in total. The van der Waals surface area contributed by atoms with Gasteiger partial charge in [-0.2, -0.15) is 11.8 Å². The zero-order valence-electron chi connectivity index (χ0n) is 14.2. The van der Waals surface area contributed by atoms with Crippen LogP contribution in [0.2, 0.25) is 0 Å². The molecule has 0 aliphatic carbocycles. The van der Waals surface area contributed by atoms with Gasteiger partial charge in [-0.25, -0.2) is 0 Å². The van der Waals surface area contributed by atoms with Crippen LogP contribution in [-0.2, 0) is 0 Å². The van der Waals surface area contributed by atoms with Crippen molar-refractivity contribution in [1.29, 1.82) is 0 Å². The van der Waals surface area contributed by atoms with Gasteiger partial charge in [-0.15, -0.1) is 11.3 Å². The quantitative estimate of drug-likeness (QED) is 0.272. The number of thiophene rings is 1. The van der Waals surface area contributed by atoms with Gasteiger partial charge in [0.25, 0.3) is 0 Å². The number of rotatable bonds is 13. The molecule has 1 heterocycles. The predicted octanol–water partition coefficient (Wildman–Crippen LogP) is 7.14. The summed E-state index contributed by atoms with van der Waals surface area (Å²) in [6, 6.07) is 4.17. The Morgan fingerprint density at radius 3 is 2.23 bits per heavy atom. The standard InChI is InChI=1S/C20H32S2/c1-2-17-21-18-13-11-9-7-5-3-4-6-8-10-12-15-20-16-14-19-22-20/h14,16,19H,2-11,13,17-18H2,1H3. The normalized spacial score (nSPS) is 10.4. The maximum atomic E-state index is 3.29. The molecule has 0 saturated carbocycles. The molecule has 124 valence electrons. The number of thioether (sulfide) groups is 1. The van der Waals surface area contributed by atoms with E-state index < -0.39 is 0 Å². The van der Waals surface area contributed by atoms with Crippen molar-refractivity contribution in [2.24, 2.45) is 0 Å². The van der Waals surface area contributed by atoms with Crippen molar-refractivity contribution in [2.75, 3.05) is 11.5 Å². The number of hydrogen-bond acceptors (Lipinski definition) is 2. The van der Waals surface area contributed by atoms with E-state index in [1.165, 1.54) is 80.6 Å². The molecular weight excluding hydrogens is 304 g/mol. The molecule has 0 aliphatic heterocycles. The first kappa shape index (κ1) is 19.7. The molecule has 22 heavy (non-hydrogen) atoms. The SMILES string of the molecule is CCCSCCCCCCCCCCCC#Cc1cccs1. The highest BCUT2D eigenvalue weighted by molar-refractivity contribution is 7.99. The lowest BCUT2D eigenvalue weighted by Crippen LogP contribution is -1.85. The second kappa shape index (κ2) is 15.5. The van der Waals surface area contributed by atoms with E-state index in [2.05, 4.69) is 48.0 Å². The summed E-state index contributed by atoms with van der Waals surface area (Å²) in [6.45, 7) is 2.27. The summed E-state index contributed by atoms with van der Waals surface area (Å²) in [4.78, 5) is 1.20. The highest BCUT2D eigenvalue weighted by Gasteiger charge is 1.93. The summed E-state index contributed by atoms with van der Waals surface area (Å²) in [5.41, 5.74) is 0. The zero-order chi connectivity index (χ0) is 15.7. The summed E-state index contributed by atoms with van der Waals surface area (Å²) < 4.78 is 0. The minimum absolute atomic E-state index is 1.06. The average Bonchev–Trinajstić information content (AvgIpc) is 3.04. The van der Waals surface area contributed by atoms with Crippen LogP contribution in [0.3, 0.4) is 0 Å². The molecule has 0 amide bonds. The number of unbranched alkanes of at least 4 members (excludes halogenated alkanes) is 9. The fourth-order valence-electron chi connectivity index (χ4n) is 2.40. The van der Waals surface area contributed by atoms with Gasteiger partial charge < -0.3 is 0 Å².